The molecule has 0 N–H and O–H groups in total. The largest absolute Gasteiger partial charge is 0.411 e. The molecule has 0 bridgehead atoms. The highest BCUT2D eigenvalue weighted by Gasteiger charge is 2.73. The molecule has 0 saturated carbocycles. The highest BCUT2D eigenvalue weighted by molar-refractivity contribution is 7.91. The van der Waals surface area contributed by atoms with Gasteiger partial charge in [0.05, 0.1) is 37.7 Å². The number of benzene rings is 4. The second-order valence-electron chi connectivity index (χ2n) is 11.2. The van der Waals surface area contributed by atoms with Crippen LogP contribution in [0.1, 0.15) is 58.1 Å². The first kappa shape index (κ1) is 32.6. The molecular weight excluding hydrogens is 666 g/mol. The zero-order valence-corrected chi connectivity index (χ0v) is 25.4. The van der Waals surface area contributed by atoms with Gasteiger partial charge in [-0.2, -0.15) is 26.3 Å². The molecular formula is C33H20F6N2O6S. The van der Waals surface area contributed by atoms with Crippen LogP contribution >= 0.6 is 0 Å². The van der Waals surface area contributed by atoms with Gasteiger partial charge < -0.3 is 0 Å². The van der Waals surface area contributed by atoms with E-state index in [4.69, 9.17) is 0 Å². The van der Waals surface area contributed by atoms with Crippen LogP contribution in [0.25, 0.3) is 0 Å². The van der Waals surface area contributed by atoms with E-state index in [0.717, 1.165) is 36.9 Å². The zero-order chi connectivity index (χ0) is 35.1. The molecule has 4 amide bonds. The number of halogens is 6. The molecule has 0 radical (unpaired) electrons. The van der Waals surface area contributed by atoms with Crippen LogP contribution in [-0.4, -0.2) is 56.3 Å². The fourth-order valence-electron chi connectivity index (χ4n) is 5.91. The van der Waals surface area contributed by atoms with Crippen LogP contribution in [0.4, 0.5) is 32.0 Å². The predicted octanol–water partition coefficient (Wildman–Crippen LogP) is 6.26. The van der Waals surface area contributed by atoms with Crippen molar-refractivity contribution in [2.24, 2.45) is 0 Å². The molecule has 48 heavy (non-hydrogen) atoms. The SMILES string of the molecule is Cc1ccc(S(=O)(=O)c2ccc(N3C(=O)c4ccc(C(c5ccc6c(c5)C(=O)N(C)C6=O)(C(F)(F)F)C(F)(F)F)cc4C3=O)cc2)cc1. The summed E-state index contributed by atoms with van der Waals surface area (Å²) >= 11 is 0. The van der Waals surface area contributed by atoms with E-state index in [2.05, 4.69) is 0 Å². The van der Waals surface area contributed by atoms with E-state index in [1.165, 1.54) is 12.1 Å². The summed E-state index contributed by atoms with van der Waals surface area (Å²) in [5.41, 5.74) is -9.37. The van der Waals surface area contributed by atoms with E-state index in [0.29, 0.717) is 46.2 Å². The average Bonchev–Trinajstić information content (AvgIpc) is 3.39. The van der Waals surface area contributed by atoms with E-state index in [9.17, 15) is 53.9 Å². The Kier molecular flexibility index (Phi) is 7.21. The maximum Gasteiger partial charge on any atom is 0.411 e. The van der Waals surface area contributed by atoms with Crippen LogP contribution in [0.3, 0.4) is 0 Å². The van der Waals surface area contributed by atoms with Gasteiger partial charge in [0, 0.05) is 7.05 Å². The molecule has 0 atom stereocenters. The summed E-state index contributed by atoms with van der Waals surface area (Å²) in [6.45, 7) is 1.76. The van der Waals surface area contributed by atoms with Crippen molar-refractivity contribution in [3.05, 3.63) is 124 Å². The number of hydrogen-bond donors (Lipinski definition) is 0. The number of anilines is 1. The molecule has 2 heterocycles. The van der Waals surface area contributed by atoms with Crippen LogP contribution in [0.15, 0.2) is 94.7 Å². The van der Waals surface area contributed by atoms with Gasteiger partial charge in [-0.15, -0.1) is 0 Å². The second-order valence-corrected chi connectivity index (χ2v) is 13.1. The van der Waals surface area contributed by atoms with Crippen molar-refractivity contribution in [2.75, 3.05) is 11.9 Å². The number of sulfone groups is 1. The first-order valence-corrected chi connectivity index (χ1v) is 15.4. The van der Waals surface area contributed by atoms with Gasteiger partial charge in [0.25, 0.3) is 23.6 Å². The minimum atomic E-state index is -6.10. The zero-order valence-electron chi connectivity index (χ0n) is 24.6. The van der Waals surface area contributed by atoms with E-state index in [-0.39, 0.29) is 21.0 Å². The monoisotopic (exact) mass is 686 g/mol. The van der Waals surface area contributed by atoms with E-state index in [1.807, 2.05) is 0 Å². The lowest BCUT2D eigenvalue weighted by molar-refractivity contribution is -0.288. The molecule has 0 fully saturated rings. The third-order valence-electron chi connectivity index (χ3n) is 8.43. The average molecular weight is 687 g/mol. The number of carbonyl (C=O) groups excluding carboxylic acids is 4. The summed E-state index contributed by atoms with van der Waals surface area (Å²) in [5, 5.41) is 0. The van der Waals surface area contributed by atoms with Crippen molar-refractivity contribution in [3.8, 4) is 0 Å². The Balaban J connectivity index is 1.43. The van der Waals surface area contributed by atoms with Crippen LogP contribution in [0.5, 0.6) is 0 Å². The maximum atomic E-state index is 14.9. The summed E-state index contributed by atoms with van der Waals surface area (Å²) in [5.74, 6) is -4.32. The van der Waals surface area contributed by atoms with Crippen molar-refractivity contribution in [1.29, 1.82) is 0 Å². The number of aryl methyl sites for hydroxylation is 1. The first-order chi connectivity index (χ1) is 22.3. The van der Waals surface area contributed by atoms with Crippen LogP contribution in [-0.2, 0) is 15.3 Å². The molecule has 2 aliphatic heterocycles. The molecule has 4 aromatic carbocycles. The van der Waals surface area contributed by atoms with Gasteiger partial charge in [-0.05, 0) is 78.7 Å². The topological polar surface area (TPSA) is 109 Å². The first-order valence-electron chi connectivity index (χ1n) is 13.9. The van der Waals surface area contributed by atoms with Crippen LogP contribution in [0.2, 0.25) is 0 Å². The molecule has 0 aliphatic carbocycles. The van der Waals surface area contributed by atoms with Gasteiger partial charge in [-0.1, -0.05) is 29.8 Å². The molecule has 0 saturated heterocycles. The summed E-state index contributed by atoms with van der Waals surface area (Å²) in [7, 11) is -2.99. The maximum absolute atomic E-state index is 14.9. The number of nitrogens with zero attached hydrogens (tertiary/aromatic N) is 2. The lowest BCUT2D eigenvalue weighted by Gasteiger charge is -2.38. The minimum absolute atomic E-state index is 0.0294. The molecule has 246 valence electrons. The van der Waals surface area contributed by atoms with E-state index >= 15 is 0 Å². The number of carbonyl (C=O) groups is 4. The highest BCUT2D eigenvalue weighted by Crippen LogP contribution is 2.57. The number of hydrogen-bond acceptors (Lipinski definition) is 6. The second kappa shape index (κ2) is 10.6. The molecule has 0 spiro atoms. The Bertz CT molecular complexity index is 2160. The van der Waals surface area contributed by atoms with Crippen molar-refractivity contribution < 1.29 is 53.9 Å². The van der Waals surface area contributed by atoms with Crippen molar-refractivity contribution in [1.82, 2.24) is 4.90 Å². The quantitative estimate of drug-likeness (QED) is 0.181. The number of rotatable bonds is 5. The predicted molar refractivity (Wildman–Crippen MR) is 156 cm³/mol. The Morgan fingerprint density at radius 1 is 0.542 bits per heavy atom. The number of imide groups is 2. The van der Waals surface area contributed by atoms with Gasteiger partial charge >= 0.3 is 12.4 Å². The van der Waals surface area contributed by atoms with Crippen LogP contribution in [0, 0.1) is 6.92 Å². The Morgan fingerprint density at radius 3 is 1.42 bits per heavy atom. The van der Waals surface area contributed by atoms with Gasteiger partial charge in [-0.25, -0.2) is 13.3 Å². The third kappa shape index (κ3) is 4.55. The molecule has 4 aromatic rings. The lowest BCUT2D eigenvalue weighted by Crippen LogP contribution is -2.55. The Labute approximate surface area is 268 Å². The summed E-state index contributed by atoms with van der Waals surface area (Å²) in [6, 6.07) is 13.3. The number of fused-ring (bicyclic) bond motifs is 2. The fourth-order valence-corrected chi connectivity index (χ4v) is 7.17. The Hall–Kier alpha value is -5.31. The molecule has 0 aromatic heterocycles. The molecule has 8 nitrogen and oxygen atoms in total. The van der Waals surface area contributed by atoms with E-state index in [1.54, 1.807) is 19.1 Å². The molecule has 15 heteroatoms. The third-order valence-corrected chi connectivity index (χ3v) is 10.2. The van der Waals surface area contributed by atoms with Crippen LogP contribution < -0.4 is 4.90 Å². The normalized spacial score (nSPS) is 15.3. The number of amides is 4. The smallest absolute Gasteiger partial charge is 0.277 e. The fraction of sp³-hybridized carbons (Fsp3) is 0.152. The lowest BCUT2D eigenvalue weighted by atomic mass is 9.71. The highest BCUT2D eigenvalue weighted by atomic mass is 32.2. The van der Waals surface area contributed by atoms with Gasteiger partial charge in [0.15, 0.2) is 0 Å². The van der Waals surface area contributed by atoms with Gasteiger partial charge in [0.2, 0.25) is 15.3 Å². The Morgan fingerprint density at radius 2 is 0.938 bits per heavy atom. The van der Waals surface area contributed by atoms with Crippen molar-refractivity contribution >= 4 is 39.2 Å². The summed E-state index contributed by atoms with van der Waals surface area (Å²) in [6.07, 6.45) is -12.2. The minimum Gasteiger partial charge on any atom is -0.277 e. The van der Waals surface area contributed by atoms with Gasteiger partial charge in [0.1, 0.15) is 0 Å². The summed E-state index contributed by atoms with van der Waals surface area (Å²) in [4.78, 5) is 52.3. The van der Waals surface area contributed by atoms with Crippen molar-refractivity contribution in [2.45, 2.75) is 34.5 Å². The van der Waals surface area contributed by atoms with Gasteiger partial charge in [-0.3, -0.25) is 24.1 Å². The molecule has 6 rings (SSSR count). The molecule has 0 unspecified atom stereocenters. The standard InChI is InChI=1S/C33H20F6N2O6S/c1-17-3-9-21(10-4-17)48(46,47)22-11-7-20(8-12-22)41-29(44)24-14-6-19(16-26(24)30(41)45)31(32(34,35)36,33(37,38)39)18-5-13-23-25(15-18)28(43)40(2)27(23)42/h3-16H,1-2H3. The molecule has 2 aliphatic rings. The van der Waals surface area contributed by atoms with Crippen molar-refractivity contribution in [3.63, 3.8) is 0 Å². The number of alkyl halides is 6. The summed E-state index contributed by atoms with van der Waals surface area (Å²) < 4.78 is 115. The van der Waals surface area contributed by atoms with E-state index < -0.39 is 79.1 Å².